The number of nitrogens with one attached hydrogen (secondary N) is 1. The van der Waals surface area contributed by atoms with Crippen molar-refractivity contribution in [2.24, 2.45) is 0 Å². The molecule has 1 heterocycles. The Labute approximate surface area is 166 Å². The summed E-state index contributed by atoms with van der Waals surface area (Å²) in [6.07, 6.45) is 0.0819. The number of carbonyl (C=O) groups is 1. The molecule has 0 bridgehead atoms. The van der Waals surface area contributed by atoms with Gasteiger partial charge in [0, 0.05) is 6.54 Å². The van der Waals surface area contributed by atoms with Crippen molar-refractivity contribution in [3.05, 3.63) is 65.2 Å². The van der Waals surface area contributed by atoms with Gasteiger partial charge in [-0.3, -0.25) is 0 Å². The second kappa shape index (κ2) is 6.96. The Morgan fingerprint density at radius 3 is 2.55 bits per heavy atom. The van der Waals surface area contributed by atoms with Crippen LogP contribution < -0.4 is 8.91 Å². The lowest BCUT2D eigenvalue weighted by Crippen LogP contribution is -2.53. The Morgan fingerprint density at radius 1 is 1.17 bits per heavy atom. The first-order valence-electron chi connectivity index (χ1n) is 8.88. The SMILES string of the molecule is COC(=O)N1CC[C@@]2(NS(=O)(=O)Oc3c(F)cccc3F)c3ccccc3C[C@@H]12. The number of amides is 1. The van der Waals surface area contributed by atoms with E-state index >= 15 is 0 Å². The predicted molar refractivity (Wildman–Crippen MR) is 98.4 cm³/mol. The number of ether oxygens (including phenoxy) is 1. The second-order valence-corrected chi connectivity index (χ2v) is 8.23. The zero-order valence-corrected chi connectivity index (χ0v) is 16.2. The van der Waals surface area contributed by atoms with Crippen LogP contribution in [0, 0.1) is 11.6 Å². The summed E-state index contributed by atoms with van der Waals surface area (Å²) >= 11 is 0. The average molecular weight is 424 g/mol. The summed E-state index contributed by atoms with van der Waals surface area (Å²) in [5.74, 6) is -3.29. The van der Waals surface area contributed by atoms with Gasteiger partial charge in [-0.05, 0) is 36.1 Å². The molecule has 1 N–H and O–H groups in total. The third kappa shape index (κ3) is 3.22. The van der Waals surface area contributed by atoms with Crippen molar-refractivity contribution in [1.82, 2.24) is 9.62 Å². The van der Waals surface area contributed by atoms with Gasteiger partial charge in [-0.1, -0.05) is 30.3 Å². The Morgan fingerprint density at radius 2 is 1.86 bits per heavy atom. The van der Waals surface area contributed by atoms with Crippen molar-refractivity contribution in [3.63, 3.8) is 0 Å². The number of benzene rings is 2. The molecule has 0 radical (unpaired) electrons. The summed E-state index contributed by atoms with van der Waals surface area (Å²) in [6, 6.07) is 9.52. The lowest BCUT2D eigenvalue weighted by molar-refractivity contribution is 0.112. The van der Waals surface area contributed by atoms with Gasteiger partial charge in [0.25, 0.3) is 0 Å². The summed E-state index contributed by atoms with van der Waals surface area (Å²) in [7, 11) is -3.39. The molecule has 10 heteroatoms. The second-order valence-electron chi connectivity index (χ2n) is 6.95. The fourth-order valence-electron chi connectivity index (χ4n) is 4.25. The van der Waals surface area contributed by atoms with Gasteiger partial charge in [0.2, 0.25) is 5.75 Å². The highest BCUT2D eigenvalue weighted by molar-refractivity contribution is 7.85. The lowest BCUT2D eigenvalue weighted by Gasteiger charge is -2.32. The highest BCUT2D eigenvalue weighted by Gasteiger charge is 2.57. The van der Waals surface area contributed by atoms with E-state index in [1.807, 2.05) is 12.1 Å². The van der Waals surface area contributed by atoms with Crippen LogP contribution in [0.15, 0.2) is 42.5 Å². The number of hydrogen-bond donors (Lipinski definition) is 1. The molecular weight excluding hydrogens is 406 g/mol. The number of carbonyl (C=O) groups excluding carboxylic acids is 1. The smallest absolute Gasteiger partial charge is 0.409 e. The fraction of sp³-hybridized carbons (Fsp3) is 0.316. The summed E-state index contributed by atoms with van der Waals surface area (Å²) in [5, 5.41) is 0. The normalized spacial score (nSPS) is 22.9. The molecule has 1 saturated heterocycles. The van der Waals surface area contributed by atoms with Gasteiger partial charge in [0.15, 0.2) is 11.6 Å². The third-order valence-electron chi connectivity index (χ3n) is 5.43. The van der Waals surface area contributed by atoms with E-state index in [-0.39, 0.29) is 13.0 Å². The number of methoxy groups -OCH3 is 1. The van der Waals surface area contributed by atoms with Crippen molar-refractivity contribution in [1.29, 1.82) is 0 Å². The van der Waals surface area contributed by atoms with Crippen LogP contribution in [0.5, 0.6) is 5.75 Å². The minimum Gasteiger partial charge on any atom is -0.453 e. The Bertz CT molecular complexity index is 1060. The quantitative estimate of drug-likeness (QED) is 0.815. The van der Waals surface area contributed by atoms with E-state index in [0.29, 0.717) is 12.0 Å². The first-order chi connectivity index (χ1) is 13.8. The number of nitrogens with zero attached hydrogens (tertiary/aromatic N) is 1. The lowest BCUT2D eigenvalue weighted by atomic mass is 9.89. The van der Waals surface area contributed by atoms with Crippen LogP contribution in [-0.4, -0.2) is 39.1 Å². The molecular formula is C19H18F2N2O5S. The molecule has 4 rings (SSSR count). The van der Waals surface area contributed by atoms with Crippen molar-refractivity contribution in [2.45, 2.75) is 24.4 Å². The molecule has 1 aliphatic heterocycles. The number of hydrogen-bond acceptors (Lipinski definition) is 5. The molecule has 2 atom stereocenters. The van der Waals surface area contributed by atoms with Crippen LogP contribution in [-0.2, 0) is 27.0 Å². The molecule has 7 nitrogen and oxygen atoms in total. The molecule has 1 aliphatic carbocycles. The molecule has 1 amide bonds. The highest BCUT2D eigenvalue weighted by Crippen LogP contribution is 2.47. The minimum atomic E-state index is -4.63. The Kier molecular flexibility index (Phi) is 4.70. The van der Waals surface area contributed by atoms with Crippen molar-refractivity contribution >= 4 is 16.4 Å². The number of para-hydroxylation sites is 1. The minimum absolute atomic E-state index is 0.252. The van der Waals surface area contributed by atoms with Gasteiger partial charge < -0.3 is 13.8 Å². The maximum atomic E-state index is 13.9. The van der Waals surface area contributed by atoms with Crippen LogP contribution in [0.2, 0.25) is 0 Å². The molecule has 0 unspecified atom stereocenters. The van der Waals surface area contributed by atoms with E-state index in [2.05, 4.69) is 4.72 Å². The van der Waals surface area contributed by atoms with Gasteiger partial charge in [-0.25, -0.2) is 13.6 Å². The van der Waals surface area contributed by atoms with Crippen LogP contribution in [0.25, 0.3) is 0 Å². The van der Waals surface area contributed by atoms with Gasteiger partial charge >= 0.3 is 16.4 Å². The van der Waals surface area contributed by atoms with Crippen LogP contribution in [0.1, 0.15) is 17.5 Å². The molecule has 0 spiro atoms. The summed E-state index contributed by atoms with van der Waals surface area (Å²) < 4.78 is 65.3. The molecule has 154 valence electrons. The largest absolute Gasteiger partial charge is 0.453 e. The van der Waals surface area contributed by atoms with Crippen LogP contribution in [0.3, 0.4) is 0 Å². The highest BCUT2D eigenvalue weighted by atomic mass is 32.2. The van der Waals surface area contributed by atoms with E-state index in [1.165, 1.54) is 12.0 Å². The van der Waals surface area contributed by atoms with Crippen LogP contribution in [0.4, 0.5) is 13.6 Å². The summed E-state index contributed by atoms with van der Waals surface area (Å²) in [5.41, 5.74) is 0.370. The van der Waals surface area contributed by atoms with Crippen molar-refractivity contribution in [2.75, 3.05) is 13.7 Å². The van der Waals surface area contributed by atoms with Crippen molar-refractivity contribution in [3.8, 4) is 5.75 Å². The maximum Gasteiger partial charge on any atom is 0.409 e. The zero-order chi connectivity index (χ0) is 20.8. The van der Waals surface area contributed by atoms with E-state index in [1.54, 1.807) is 12.1 Å². The molecule has 2 aromatic carbocycles. The molecule has 0 aromatic heterocycles. The maximum absolute atomic E-state index is 13.9. The van der Waals surface area contributed by atoms with Gasteiger partial charge in [-0.2, -0.15) is 13.1 Å². The number of halogens is 2. The van der Waals surface area contributed by atoms with E-state index in [9.17, 15) is 22.0 Å². The van der Waals surface area contributed by atoms with Gasteiger partial charge in [0.1, 0.15) is 0 Å². The zero-order valence-electron chi connectivity index (χ0n) is 15.4. The molecule has 1 fully saturated rings. The number of rotatable bonds is 4. The summed E-state index contributed by atoms with van der Waals surface area (Å²) in [6.45, 7) is 0.252. The Hall–Kier alpha value is -2.72. The topological polar surface area (TPSA) is 84.9 Å². The fourth-order valence-corrected chi connectivity index (χ4v) is 5.47. The van der Waals surface area contributed by atoms with E-state index < -0.39 is 45.4 Å². The van der Waals surface area contributed by atoms with E-state index in [0.717, 1.165) is 23.8 Å². The van der Waals surface area contributed by atoms with E-state index in [4.69, 9.17) is 8.92 Å². The van der Waals surface area contributed by atoms with Gasteiger partial charge in [0.05, 0.1) is 18.7 Å². The van der Waals surface area contributed by atoms with Gasteiger partial charge in [-0.15, -0.1) is 0 Å². The molecule has 29 heavy (non-hydrogen) atoms. The predicted octanol–water partition coefficient (Wildman–Crippen LogP) is 2.47. The Balaban J connectivity index is 1.72. The number of likely N-dealkylation sites (tertiary alicyclic amines) is 1. The standard InChI is InChI=1S/C19H18F2N2O5S/c1-27-18(24)23-10-9-19(13-6-3-2-5-12(13)11-16(19)23)22-29(25,26)28-17-14(20)7-4-8-15(17)21/h2-8,16,22H,9-11H2,1H3/t16-,19-/m1/s1. The molecule has 0 saturated carbocycles. The monoisotopic (exact) mass is 424 g/mol. The first-order valence-corrected chi connectivity index (χ1v) is 10.3. The number of fused-ring (bicyclic) bond motifs is 3. The van der Waals surface area contributed by atoms with Crippen molar-refractivity contribution < 1.29 is 30.9 Å². The average Bonchev–Trinajstić information content (AvgIpc) is 3.17. The summed E-state index contributed by atoms with van der Waals surface area (Å²) in [4.78, 5) is 13.6. The van der Waals surface area contributed by atoms with Crippen LogP contribution >= 0.6 is 0 Å². The molecule has 2 aromatic rings. The third-order valence-corrected chi connectivity index (χ3v) is 6.43. The first kappa shape index (κ1) is 19.6. The molecule has 2 aliphatic rings.